The van der Waals surface area contributed by atoms with Gasteiger partial charge < -0.3 is 21.3 Å². The smallest absolute Gasteiger partial charge is 0.175 e. The fourth-order valence-corrected chi connectivity index (χ4v) is 4.72. The number of rotatable bonds is 6. The zero-order valence-electron chi connectivity index (χ0n) is 17.0. The Kier molecular flexibility index (Phi) is 6.23. The number of halogens is 2. The summed E-state index contributed by atoms with van der Waals surface area (Å²) in [6.07, 6.45) is -0.319. The van der Waals surface area contributed by atoms with Crippen LogP contribution in [0.25, 0.3) is 10.4 Å². The molecule has 3 aromatic rings. The van der Waals surface area contributed by atoms with Crippen molar-refractivity contribution in [3.8, 4) is 10.4 Å². The quantitative estimate of drug-likeness (QED) is 0.407. The van der Waals surface area contributed by atoms with Crippen LogP contribution in [0.1, 0.15) is 31.2 Å². The largest absolute Gasteiger partial charge is 0.386 e. The minimum atomic E-state index is -3.36. The lowest BCUT2D eigenvalue weighted by atomic mass is 9.96. The molecule has 2 aromatic carbocycles. The van der Waals surface area contributed by atoms with Crippen LogP contribution >= 0.6 is 11.3 Å². The minimum absolute atomic E-state index is 0.0891. The minimum Gasteiger partial charge on any atom is -0.386 e. The highest BCUT2D eigenvalue weighted by Crippen LogP contribution is 2.41. The first-order valence-electron chi connectivity index (χ1n) is 9.14. The molecule has 0 bridgehead atoms. The molecular weight excluding hydrogens is 446 g/mol. The first kappa shape index (κ1) is 23.3. The summed E-state index contributed by atoms with van der Waals surface area (Å²) in [6.45, 7) is 2.85. The van der Waals surface area contributed by atoms with Crippen molar-refractivity contribution in [2.75, 3.05) is 11.6 Å². The van der Waals surface area contributed by atoms with Crippen LogP contribution in [-0.4, -0.2) is 24.9 Å². The number of hydrogen-bond acceptors (Lipinski definition) is 7. The molecule has 10 heteroatoms. The Bertz CT molecular complexity index is 1190. The third-order valence-corrected chi connectivity index (χ3v) is 6.83. The Morgan fingerprint density at radius 2 is 1.65 bits per heavy atom. The van der Waals surface area contributed by atoms with Gasteiger partial charge in [-0.05, 0) is 61.9 Å². The van der Waals surface area contributed by atoms with Crippen molar-refractivity contribution < 1.29 is 27.4 Å². The summed E-state index contributed by atoms with van der Waals surface area (Å²) >= 11 is 0.975. The average molecular weight is 469 g/mol. The van der Waals surface area contributed by atoms with Crippen molar-refractivity contribution >= 4 is 31.9 Å². The lowest BCUT2D eigenvalue weighted by molar-refractivity contribution is 0.0779. The standard InChI is InChI=1S/C21H22F2N2O4S2/c1-21(2,27)11-8-15(22)18(16(23)9-11)17-10-14(19(24)26)20(30-17)25-12-4-6-13(7-5-12)31(3,28)29/h4-10,19,25-27H,24H2,1-3H3. The van der Waals surface area contributed by atoms with E-state index in [0.717, 1.165) is 29.7 Å². The van der Waals surface area contributed by atoms with Gasteiger partial charge in [-0.1, -0.05) is 0 Å². The fourth-order valence-electron chi connectivity index (χ4n) is 2.92. The zero-order chi connectivity index (χ0) is 23.1. The van der Waals surface area contributed by atoms with E-state index in [-0.39, 0.29) is 26.5 Å². The van der Waals surface area contributed by atoms with Gasteiger partial charge in [0.2, 0.25) is 0 Å². The molecule has 0 amide bonds. The molecule has 0 aliphatic rings. The lowest BCUT2D eigenvalue weighted by Gasteiger charge is -2.18. The maximum atomic E-state index is 14.7. The average Bonchev–Trinajstić information content (AvgIpc) is 3.03. The van der Waals surface area contributed by atoms with E-state index in [2.05, 4.69) is 5.32 Å². The van der Waals surface area contributed by atoms with Crippen LogP contribution < -0.4 is 11.1 Å². The molecule has 0 radical (unpaired) electrons. The Balaban J connectivity index is 2.02. The third kappa shape index (κ3) is 5.10. The van der Waals surface area contributed by atoms with Gasteiger partial charge in [0.25, 0.3) is 0 Å². The number of nitrogens with one attached hydrogen (secondary N) is 1. The van der Waals surface area contributed by atoms with E-state index < -0.39 is 33.3 Å². The van der Waals surface area contributed by atoms with Gasteiger partial charge in [0.05, 0.1) is 16.1 Å². The Morgan fingerprint density at radius 1 is 1.10 bits per heavy atom. The molecule has 0 saturated carbocycles. The molecule has 1 unspecified atom stereocenters. The van der Waals surface area contributed by atoms with Crippen molar-refractivity contribution in [2.24, 2.45) is 5.73 Å². The molecule has 3 rings (SSSR count). The predicted molar refractivity (Wildman–Crippen MR) is 117 cm³/mol. The second-order valence-corrected chi connectivity index (χ2v) is 10.7. The van der Waals surface area contributed by atoms with Gasteiger partial charge in [0.1, 0.15) is 22.9 Å². The number of benzene rings is 2. The molecule has 0 aliphatic heterocycles. The SMILES string of the molecule is CC(C)(O)c1cc(F)c(-c2cc(C(N)O)c(Nc3ccc(S(C)(=O)=O)cc3)s2)c(F)c1. The molecule has 5 N–H and O–H groups in total. The van der Waals surface area contributed by atoms with E-state index in [4.69, 9.17) is 5.73 Å². The van der Waals surface area contributed by atoms with Crippen LogP contribution in [0, 0.1) is 11.6 Å². The molecule has 6 nitrogen and oxygen atoms in total. The summed E-state index contributed by atoms with van der Waals surface area (Å²) < 4.78 is 52.7. The monoisotopic (exact) mass is 468 g/mol. The van der Waals surface area contributed by atoms with Gasteiger partial charge >= 0.3 is 0 Å². The summed E-state index contributed by atoms with van der Waals surface area (Å²) in [6, 6.07) is 9.40. The van der Waals surface area contributed by atoms with E-state index in [9.17, 15) is 27.4 Å². The van der Waals surface area contributed by atoms with Crippen LogP contribution in [0.3, 0.4) is 0 Å². The molecule has 31 heavy (non-hydrogen) atoms. The van der Waals surface area contributed by atoms with Crippen molar-refractivity contribution in [3.63, 3.8) is 0 Å². The highest BCUT2D eigenvalue weighted by atomic mass is 32.2. The first-order valence-corrected chi connectivity index (χ1v) is 11.8. The van der Waals surface area contributed by atoms with Crippen LogP contribution in [0.4, 0.5) is 19.5 Å². The second kappa shape index (κ2) is 8.29. The summed E-state index contributed by atoms with van der Waals surface area (Å²) in [4.78, 5) is 0.326. The highest BCUT2D eigenvalue weighted by Gasteiger charge is 2.24. The van der Waals surface area contributed by atoms with E-state index in [0.29, 0.717) is 10.7 Å². The molecule has 0 aliphatic carbocycles. The van der Waals surface area contributed by atoms with Crippen LogP contribution in [-0.2, 0) is 15.4 Å². The summed E-state index contributed by atoms with van der Waals surface area (Å²) in [5.74, 6) is -1.72. The highest BCUT2D eigenvalue weighted by molar-refractivity contribution is 7.90. The zero-order valence-corrected chi connectivity index (χ0v) is 18.6. The normalized spacial score (nSPS) is 13.3. The first-order chi connectivity index (χ1) is 14.3. The molecule has 0 fully saturated rings. The molecule has 0 saturated heterocycles. The number of aliphatic hydroxyl groups excluding tert-OH is 1. The molecule has 1 aromatic heterocycles. The fraction of sp³-hybridized carbons (Fsp3) is 0.238. The number of nitrogens with two attached hydrogens (primary N) is 1. The Morgan fingerprint density at radius 3 is 2.10 bits per heavy atom. The van der Waals surface area contributed by atoms with Gasteiger partial charge in [0, 0.05) is 22.4 Å². The predicted octanol–water partition coefficient (Wildman–Crippen LogP) is 4.02. The number of hydrogen-bond donors (Lipinski definition) is 4. The molecule has 1 heterocycles. The number of thiophene rings is 1. The van der Waals surface area contributed by atoms with Crippen LogP contribution in [0.2, 0.25) is 0 Å². The van der Waals surface area contributed by atoms with E-state index in [1.54, 1.807) is 0 Å². The van der Waals surface area contributed by atoms with E-state index in [1.165, 1.54) is 44.2 Å². The maximum Gasteiger partial charge on any atom is 0.175 e. The van der Waals surface area contributed by atoms with Crippen molar-refractivity contribution in [3.05, 3.63) is 65.2 Å². The number of anilines is 2. The van der Waals surface area contributed by atoms with Crippen LogP contribution in [0.5, 0.6) is 0 Å². The van der Waals surface area contributed by atoms with E-state index >= 15 is 0 Å². The topological polar surface area (TPSA) is 113 Å². The van der Waals surface area contributed by atoms with E-state index in [1.807, 2.05) is 0 Å². The van der Waals surface area contributed by atoms with Gasteiger partial charge in [-0.15, -0.1) is 11.3 Å². The third-order valence-electron chi connectivity index (χ3n) is 4.61. The molecule has 166 valence electrons. The van der Waals surface area contributed by atoms with Crippen molar-refractivity contribution in [2.45, 2.75) is 30.6 Å². The summed E-state index contributed by atoms with van der Waals surface area (Å²) in [7, 11) is -3.36. The van der Waals surface area contributed by atoms with Crippen molar-refractivity contribution in [1.29, 1.82) is 0 Å². The summed E-state index contributed by atoms with van der Waals surface area (Å²) in [5, 5.41) is 23.3. The molecule has 1 atom stereocenters. The van der Waals surface area contributed by atoms with Crippen LogP contribution in [0.15, 0.2) is 47.4 Å². The summed E-state index contributed by atoms with van der Waals surface area (Å²) in [5.41, 5.74) is 4.71. The van der Waals surface area contributed by atoms with Crippen molar-refractivity contribution in [1.82, 2.24) is 0 Å². The van der Waals surface area contributed by atoms with Gasteiger partial charge in [-0.3, -0.25) is 0 Å². The maximum absolute atomic E-state index is 14.7. The second-order valence-electron chi connectivity index (χ2n) is 7.64. The molecular formula is C21H22F2N2O4S2. The van der Waals surface area contributed by atoms with Gasteiger partial charge in [-0.25, -0.2) is 17.2 Å². The molecule has 0 spiro atoms. The van der Waals surface area contributed by atoms with Gasteiger partial charge in [0.15, 0.2) is 9.84 Å². The Labute approximate surface area is 182 Å². The lowest BCUT2D eigenvalue weighted by Crippen LogP contribution is -2.16. The van der Waals surface area contributed by atoms with Gasteiger partial charge in [-0.2, -0.15) is 0 Å². The number of sulfone groups is 1. The Hall–Kier alpha value is -2.37. The number of aliphatic hydroxyl groups is 2.